The van der Waals surface area contributed by atoms with Crippen LogP contribution >= 0.6 is 0 Å². The summed E-state index contributed by atoms with van der Waals surface area (Å²) in [5, 5.41) is 0. The zero-order chi connectivity index (χ0) is 14.5. The summed E-state index contributed by atoms with van der Waals surface area (Å²) in [5.41, 5.74) is 1.65. The average Bonchev–Trinajstić information content (AvgIpc) is 2.53. The van der Waals surface area contributed by atoms with Gasteiger partial charge in [0, 0.05) is 5.92 Å². The molecule has 0 N–H and O–H groups in total. The molecule has 0 radical (unpaired) electrons. The third-order valence-electron chi connectivity index (χ3n) is 3.28. The van der Waals surface area contributed by atoms with Crippen LogP contribution in [0.25, 0.3) is 0 Å². The highest BCUT2D eigenvalue weighted by Gasteiger charge is 2.30. The Morgan fingerprint density at radius 1 is 1.05 bits per heavy atom. The van der Waals surface area contributed by atoms with Crippen molar-refractivity contribution < 1.29 is 19.1 Å². The van der Waals surface area contributed by atoms with Crippen molar-refractivity contribution in [3.8, 4) is 0 Å². The molecule has 0 saturated heterocycles. The second-order valence-electron chi connectivity index (χ2n) is 4.40. The maximum absolute atomic E-state index is 12.1. The zero-order valence-electron chi connectivity index (χ0n) is 11.5. The Balaban J connectivity index is 2.52. The van der Waals surface area contributed by atoms with E-state index >= 15 is 0 Å². The summed E-state index contributed by atoms with van der Waals surface area (Å²) < 4.78 is 9.59. The van der Waals surface area contributed by atoms with Crippen LogP contribution < -0.4 is 0 Å². The van der Waals surface area contributed by atoms with Crippen LogP contribution in [-0.4, -0.2) is 26.2 Å². The van der Waals surface area contributed by atoms with Gasteiger partial charge in [-0.05, 0) is 12.0 Å². The number of rotatable bonds is 3. The van der Waals surface area contributed by atoms with E-state index in [1.807, 2.05) is 42.5 Å². The highest BCUT2D eigenvalue weighted by molar-refractivity contribution is 6.02. The molecule has 1 atom stereocenters. The predicted molar refractivity (Wildman–Crippen MR) is 74.0 cm³/mol. The molecule has 1 aliphatic rings. The molecule has 0 heterocycles. The first-order chi connectivity index (χ1) is 9.69. The molecule has 1 unspecified atom stereocenters. The van der Waals surface area contributed by atoms with Crippen LogP contribution in [-0.2, 0) is 19.1 Å². The molecule has 0 aliphatic heterocycles. The molecule has 104 valence electrons. The first kappa shape index (κ1) is 14.1. The Hall–Kier alpha value is -2.36. The van der Waals surface area contributed by atoms with E-state index in [1.54, 1.807) is 0 Å². The summed E-state index contributed by atoms with van der Waals surface area (Å²) in [6.07, 6.45) is 4.16. The predicted octanol–water partition coefficient (Wildman–Crippen LogP) is 2.37. The van der Waals surface area contributed by atoms with Crippen LogP contribution in [0.5, 0.6) is 0 Å². The lowest BCUT2D eigenvalue weighted by atomic mass is 9.83. The molecular weight excluding hydrogens is 256 g/mol. The lowest BCUT2D eigenvalue weighted by Crippen LogP contribution is -2.21. The normalized spacial score (nSPS) is 17.8. The van der Waals surface area contributed by atoms with Crippen LogP contribution in [0.1, 0.15) is 17.9 Å². The van der Waals surface area contributed by atoms with Crippen molar-refractivity contribution in [1.82, 2.24) is 0 Å². The average molecular weight is 272 g/mol. The smallest absolute Gasteiger partial charge is 0.335 e. The Labute approximate surface area is 117 Å². The van der Waals surface area contributed by atoms with Gasteiger partial charge in [0.2, 0.25) is 0 Å². The first-order valence-corrected chi connectivity index (χ1v) is 6.30. The molecule has 4 nitrogen and oxygen atoms in total. The molecule has 0 bridgehead atoms. The number of hydrogen-bond acceptors (Lipinski definition) is 4. The van der Waals surface area contributed by atoms with Gasteiger partial charge in [0.1, 0.15) is 0 Å². The molecule has 20 heavy (non-hydrogen) atoms. The third-order valence-corrected chi connectivity index (χ3v) is 3.28. The number of carbonyl (C=O) groups excluding carboxylic acids is 2. The number of esters is 2. The lowest BCUT2D eigenvalue weighted by molar-refractivity contribution is -0.139. The van der Waals surface area contributed by atoms with Gasteiger partial charge in [-0.3, -0.25) is 0 Å². The third kappa shape index (κ3) is 2.64. The minimum absolute atomic E-state index is 0.286. The van der Waals surface area contributed by atoms with Crippen molar-refractivity contribution >= 4 is 11.9 Å². The largest absolute Gasteiger partial charge is 0.466 e. The fourth-order valence-electron chi connectivity index (χ4n) is 2.33. The minimum Gasteiger partial charge on any atom is -0.466 e. The van der Waals surface area contributed by atoms with Gasteiger partial charge in [-0.1, -0.05) is 42.5 Å². The quantitative estimate of drug-likeness (QED) is 0.626. The molecule has 1 aliphatic carbocycles. The number of benzene rings is 1. The number of ether oxygens (including phenoxy) is 2. The van der Waals surface area contributed by atoms with E-state index in [0.717, 1.165) is 5.56 Å². The highest BCUT2D eigenvalue weighted by atomic mass is 16.5. The van der Waals surface area contributed by atoms with E-state index in [4.69, 9.17) is 9.47 Å². The standard InChI is InChI=1S/C16H16O4/c1-19-15(17)13-10-6-9-12(14(13)16(18)20-2)11-7-4-3-5-8-11/h3-9,12H,10H2,1-2H3. The van der Waals surface area contributed by atoms with Gasteiger partial charge in [0.15, 0.2) is 0 Å². The molecular formula is C16H16O4. The molecule has 0 spiro atoms. The molecule has 0 saturated carbocycles. The molecule has 4 heteroatoms. The highest BCUT2D eigenvalue weighted by Crippen LogP contribution is 2.34. The van der Waals surface area contributed by atoms with Gasteiger partial charge in [0.05, 0.1) is 25.4 Å². The van der Waals surface area contributed by atoms with Crippen molar-refractivity contribution in [3.05, 3.63) is 59.2 Å². The molecule has 1 aromatic rings. The summed E-state index contributed by atoms with van der Waals surface area (Å²) in [6, 6.07) is 9.52. The van der Waals surface area contributed by atoms with E-state index in [2.05, 4.69) is 0 Å². The second-order valence-corrected chi connectivity index (χ2v) is 4.40. The van der Waals surface area contributed by atoms with E-state index < -0.39 is 11.9 Å². The van der Waals surface area contributed by atoms with Crippen LogP contribution in [0.2, 0.25) is 0 Å². The van der Waals surface area contributed by atoms with Crippen molar-refractivity contribution in [1.29, 1.82) is 0 Å². The van der Waals surface area contributed by atoms with Crippen molar-refractivity contribution in [3.63, 3.8) is 0 Å². The zero-order valence-corrected chi connectivity index (χ0v) is 11.5. The Morgan fingerprint density at radius 3 is 2.30 bits per heavy atom. The van der Waals surface area contributed by atoms with E-state index in [-0.39, 0.29) is 5.92 Å². The number of carbonyl (C=O) groups is 2. The van der Waals surface area contributed by atoms with Crippen LogP contribution in [0.15, 0.2) is 53.6 Å². The Kier molecular flexibility index (Phi) is 4.35. The summed E-state index contributed by atoms with van der Waals surface area (Å²) in [5.74, 6) is -1.27. The lowest BCUT2D eigenvalue weighted by Gasteiger charge is -2.22. The molecule has 2 rings (SSSR count). The summed E-state index contributed by atoms with van der Waals surface area (Å²) in [4.78, 5) is 23.9. The molecule has 0 fully saturated rings. The number of allylic oxidation sites excluding steroid dienone is 2. The van der Waals surface area contributed by atoms with Gasteiger partial charge in [-0.25, -0.2) is 9.59 Å². The maximum Gasteiger partial charge on any atom is 0.335 e. The summed E-state index contributed by atoms with van der Waals surface area (Å²) in [6.45, 7) is 0. The maximum atomic E-state index is 12.1. The van der Waals surface area contributed by atoms with E-state index in [0.29, 0.717) is 17.6 Å². The SMILES string of the molecule is COC(=O)C1=C(C(=O)OC)C(c2ccccc2)C=CC1. The Morgan fingerprint density at radius 2 is 1.70 bits per heavy atom. The van der Waals surface area contributed by atoms with E-state index in [1.165, 1.54) is 14.2 Å². The second kappa shape index (κ2) is 6.19. The summed E-state index contributed by atoms with van der Waals surface area (Å²) in [7, 11) is 2.62. The van der Waals surface area contributed by atoms with Gasteiger partial charge in [-0.2, -0.15) is 0 Å². The topological polar surface area (TPSA) is 52.6 Å². The Bertz CT molecular complexity index is 569. The monoisotopic (exact) mass is 272 g/mol. The molecule has 0 amide bonds. The fraction of sp³-hybridized carbons (Fsp3) is 0.250. The van der Waals surface area contributed by atoms with Crippen LogP contribution in [0, 0.1) is 0 Å². The fourth-order valence-corrected chi connectivity index (χ4v) is 2.33. The van der Waals surface area contributed by atoms with Crippen molar-refractivity contribution in [2.45, 2.75) is 12.3 Å². The number of methoxy groups -OCH3 is 2. The van der Waals surface area contributed by atoms with Gasteiger partial charge in [0.25, 0.3) is 0 Å². The van der Waals surface area contributed by atoms with Crippen molar-refractivity contribution in [2.75, 3.05) is 14.2 Å². The number of hydrogen-bond donors (Lipinski definition) is 0. The van der Waals surface area contributed by atoms with E-state index in [9.17, 15) is 9.59 Å². The molecule has 0 aromatic heterocycles. The van der Waals surface area contributed by atoms with Crippen LogP contribution in [0.3, 0.4) is 0 Å². The van der Waals surface area contributed by atoms with Gasteiger partial charge >= 0.3 is 11.9 Å². The van der Waals surface area contributed by atoms with Crippen molar-refractivity contribution in [2.24, 2.45) is 0 Å². The summed E-state index contributed by atoms with van der Waals surface area (Å²) >= 11 is 0. The van der Waals surface area contributed by atoms with Gasteiger partial charge < -0.3 is 9.47 Å². The minimum atomic E-state index is -0.497. The first-order valence-electron chi connectivity index (χ1n) is 6.30. The van der Waals surface area contributed by atoms with Gasteiger partial charge in [-0.15, -0.1) is 0 Å². The molecule has 1 aromatic carbocycles. The van der Waals surface area contributed by atoms with Crippen LogP contribution in [0.4, 0.5) is 0 Å².